The lowest BCUT2D eigenvalue weighted by atomic mass is 10.2. The molecule has 2 N–H and O–H groups in total. The highest BCUT2D eigenvalue weighted by molar-refractivity contribution is 14.0. The van der Waals surface area contributed by atoms with Gasteiger partial charge in [-0.25, -0.2) is 0 Å². The number of guanidine groups is 1. The number of halogens is 1. The zero-order valence-corrected chi connectivity index (χ0v) is 15.1. The maximum absolute atomic E-state index is 5.61. The zero-order chi connectivity index (χ0) is 13.5. The molecule has 2 aliphatic rings. The molecular weight excluding hydrogens is 367 g/mol. The van der Waals surface area contributed by atoms with Crippen LogP contribution in [-0.2, 0) is 4.74 Å². The molecule has 5 nitrogen and oxygen atoms in total. The third kappa shape index (κ3) is 5.37. The maximum atomic E-state index is 5.61. The van der Waals surface area contributed by atoms with E-state index in [9.17, 15) is 0 Å². The first-order valence-electron chi connectivity index (χ1n) is 7.63. The summed E-state index contributed by atoms with van der Waals surface area (Å²) >= 11 is 0. The number of ether oxygens (including phenoxy) is 1. The van der Waals surface area contributed by atoms with E-state index < -0.39 is 0 Å². The van der Waals surface area contributed by atoms with Crippen molar-refractivity contribution in [2.24, 2.45) is 4.99 Å². The third-order valence-corrected chi connectivity index (χ3v) is 4.16. The van der Waals surface area contributed by atoms with Gasteiger partial charge in [0.25, 0.3) is 0 Å². The second kappa shape index (κ2) is 9.78. The van der Waals surface area contributed by atoms with E-state index in [2.05, 4.69) is 27.4 Å². The van der Waals surface area contributed by atoms with Gasteiger partial charge in [0, 0.05) is 32.8 Å². The molecule has 0 aliphatic carbocycles. The number of likely N-dealkylation sites (tertiary alicyclic amines) is 1. The summed E-state index contributed by atoms with van der Waals surface area (Å²) in [7, 11) is 1.83. The summed E-state index contributed by atoms with van der Waals surface area (Å²) < 4.78 is 5.61. The zero-order valence-electron chi connectivity index (χ0n) is 12.7. The van der Waals surface area contributed by atoms with Crippen LogP contribution in [0.1, 0.15) is 32.6 Å². The molecule has 0 aromatic carbocycles. The van der Waals surface area contributed by atoms with Crippen LogP contribution < -0.4 is 10.6 Å². The quantitative estimate of drug-likeness (QED) is 0.420. The van der Waals surface area contributed by atoms with Crippen molar-refractivity contribution in [2.75, 3.05) is 39.8 Å². The van der Waals surface area contributed by atoms with Crippen LogP contribution in [-0.4, -0.2) is 62.8 Å². The summed E-state index contributed by atoms with van der Waals surface area (Å²) in [6, 6.07) is 0.659. The van der Waals surface area contributed by atoms with Gasteiger partial charge in [0.05, 0.1) is 6.10 Å². The van der Waals surface area contributed by atoms with Crippen molar-refractivity contribution < 1.29 is 4.74 Å². The molecule has 0 bridgehead atoms. The van der Waals surface area contributed by atoms with Gasteiger partial charge < -0.3 is 15.4 Å². The Balaban J connectivity index is 0.00000200. The Morgan fingerprint density at radius 1 is 1.25 bits per heavy atom. The van der Waals surface area contributed by atoms with Crippen LogP contribution in [0.5, 0.6) is 0 Å². The van der Waals surface area contributed by atoms with Crippen LogP contribution in [0.2, 0.25) is 0 Å². The van der Waals surface area contributed by atoms with E-state index in [-0.39, 0.29) is 24.0 Å². The molecule has 118 valence electrons. The van der Waals surface area contributed by atoms with Crippen molar-refractivity contribution in [3.63, 3.8) is 0 Å². The highest BCUT2D eigenvalue weighted by Crippen LogP contribution is 2.15. The molecule has 0 aromatic heterocycles. The van der Waals surface area contributed by atoms with Gasteiger partial charge in [-0.2, -0.15) is 0 Å². The van der Waals surface area contributed by atoms with E-state index in [1.165, 1.54) is 25.8 Å². The molecule has 0 spiro atoms. The minimum atomic E-state index is 0. The van der Waals surface area contributed by atoms with Crippen LogP contribution in [0.25, 0.3) is 0 Å². The Bertz CT molecular complexity index is 295. The molecule has 0 radical (unpaired) electrons. The molecule has 2 aliphatic heterocycles. The smallest absolute Gasteiger partial charge is 0.191 e. The lowest BCUT2D eigenvalue weighted by Crippen LogP contribution is -2.46. The number of hydrogen-bond donors (Lipinski definition) is 2. The van der Waals surface area contributed by atoms with Crippen LogP contribution >= 0.6 is 24.0 Å². The third-order valence-electron chi connectivity index (χ3n) is 4.16. The summed E-state index contributed by atoms with van der Waals surface area (Å²) in [6.45, 7) is 7.38. The molecule has 0 amide bonds. The SMILES string of the molecule is CCN1CCCC1CNC(=NC)NCC1CCCO1.I. The predicted molar refractivity (Wildman–Crippen MR) is 94.0 cm³/mol. The Labute approximate surface area is 139 Å². The van der Waals surface area contributed by atoms with E-state index in [1.54, 1.807) is 0 Å². The van der Waals surface area contributed by atoms with Crippen LogP contribution in [0.3, 0.4) is 0 Å². The monoisotopic (exact) mass is 396 g/mol. The molecule has 0 saturated carbocycles. The molecule has 2 atom stereocenters. The molecular formula is C14H29IN4O. The number of likely N-dealkylation sites (N-methyl/N-ethyl adjacent to an activating group) is 1. The molecule has 2 saturated heterocycles. The lowest BCUT2D eigenvalue weighted by Gasteiger charge is -2.24. The van der Waals surface area contributed by atoms with Gasteiger partial charge >= 0.3 is 0 Å². The Morgan fingerprint density at radius 3 is 2.70 bits per heavy atom. The predicted octanol–water partition coefficient (Wildman–Crippen LogP) is 1.43. The van der Waals surface area contributed by atoms with Crippen molar-refractivity contribution in [1.82, 2.24) is 15.5 Å². The minimum absolute atomic E-state index is 0. The van der Waals surface area contributed by atoms with Crippen molar-refractivity contribution in [2.45, 2.75) is 44.8 Å². The average molecular weight is 396 g/mol. The van der Waals surface area contributed by atoms with Crippen molar-refractivity contribution in [3.05, 3.63) is 0 Å². The fourth-order valence-electron chi connectivity index (χ4n) is 2.99. The number of nitrogens with one attached hydrogen (secondary N) is 2. The summed E-state index contributed by atoms with van der Waals surface area (Å²) in [4.78, 5) is 6.82. The number of hydrogen-bond acceptors (Lipinski definition) is 3. The van der Waals surface area contributed by atoms with Crippen LogP contribution in [0, 0.1) is 0 Å². The number of aliphatic imine (C=N–C) groups is 1. The summed E-state index contributed by atoms with van der Waals surface area (Å²) in [6.07, 6.45) is 5.32. The molecule has 2 fully saturated rings. The van der Waals surface area contributed by atoms with Gasteiger partial charge in [0.15, 0.2) is 5.96 Å². The number of rotatable bonds is 5. The molecule has 2 unspecified atom stereocenters. The highest BCUT2D eigenvalue weighted by Gasteiger charge is 2.23. The van der Waals surface area contributed by atoms with Crippen molar-refractivity contribution in [3.8, 4) is 0 Å². The van der Waals surface area contributed by atoms with Crippen molar-refractivity contribution in [1.29, 1.82) is 0 Å². The van der Waals surface area contributed by atoms with Gasteiger partial charge in [-0.15, -0.1) is 24.0 Å². The van der Waals surface area contributed by atoms with Gasteiger partial charge in [0.1, 0.15) is 0 Å². The molecule has 0 aromatic rings. The normalized spacial score (nSPS) is 27.4. The van der Waals surface area contributed by atoms with Crippen molar-refractivity contribution >= 4 is 29.9 Å². The molecule has 6 heteroatoms. The maximum Gasteiger partial charge on any atom is 0.191 e. The molecule has 2 heterocycles. The van der Waals surface area contributed by atoms with Gasteiger partial charge in [-0.3, -0.25) is 9.89 Å². The second-order valence-electron chi connectivity index (χ2n) is 5.39. The first kappa shape index (κ1) is 18.0. The van der Waals surface area contributed by atoms with E-state index in [0.29, 0.717) is 12.1 Å². The van der Waals surface area contributed by atoms with Crippen LogP contribution in [0.4, 0.5) is 0 Å². The van der Waals surface area contributed by atoms with Crippen LogP contribution in [0.15, 0.2) is 4.99 Å². The first-order chi connectivity index (χ1) is 9.33. The van der Waals surface area contributed by atoms with Gasteiger partial charge in [-0.1, -0.05) is 6.92 Å². The van der Waals surface area contributed by atoms with E-state index >= 15 is 0 Å². The second-order valence-corrected chi connectivity index (χ2v) is 5.39. The average Bonchev–Trinajstić information content (AvgIpc) is 3.09. The standard InChI is InChI=1S/C14H28N4O.HI/c1-3-18-8-4-6-12(18)10-16-14(15-2)17-11-13-7-5-9-19-13;/h12-13H,3-11H2,1-2H3,(H2,15,16,17);1H. The van der Waals surface area contributed by atoms with E-state index in [1.807, 2.05) is 7.05 Å². The fraction of sp³-hybridized carbons (Fsp3) is 0.929. The van der Waals surface area contributed by atoms with Gasteiger partial charge in [0.2, 0.25) is 0 Å². The highest BCUT2D eigenvalue weighted by atomic mass is 127. The van der Waals surface area contributed by atoms with E-state index in [0.717, 1.165) is 38.6 Å². The lowest BCUT2D eigenvalue weighted by molar-refractivity contribution is 0.113. The first-order valence-corrected chi connectivity index (χ1v) is 7.63. The topological polar surface area (TPSA) is 48.9 Å². The molecule has 20 heavy (non-hydrogen) atoms. The largest absolute Gasteiger partial charge is 0.376 e. The molecule has 2 rings (SSSR count). The van der Waals surface area contributed by atoms with E-state index in [4.69, 9.17) is 4.74 Å². The summed E-state index contributed by atoms with van der Waals surface area (Å²) in [5, 5.41) is 6.80. The summed E-state index contributed by atoms with van der Waals surface area (Å²) in [5.74, 6) is 0.901. The fourth-order valence-corrected chi connectivity index (χ4v) is 2.99. The number of nitrogens with zero attached hydrogens (tertiary/aromatic N) is 2. The Hall–Kier alpha value is -0.0800. The Morgan fingerprint density at radius 2 is 2.05 bits per heavy atom. The summed E-state index contributed by atoms with van der Waals surface area (Å²) in [5.41, 5.74) is 0. The van der Waals surface area contributed by atoms with Gasteiger partial charge in [-0.05, 0) is 38.8 Å². The Kier molecular flexibility index (Phi) is 8.79. The minimum Gasteiger partial charge on any atom is -0.376 e.